The molecule has 0 spiro atoms. The molecule has 0 aliphatic carbocycles. The molecular formula is C21H29N3O3. The highest BCUT2D eigenvalue weighted by molar-refractivity contribution is 5.83. The molecule has 2 fully saturated rings. The number of ether oxygens (including phenoxy) is 1. The standard InChI is InChI=1S/C21H29N3O3/c1-16-6-4-5-9-24(16)20(25)15-22-10-12-23(13-11-22)21(26)19-14-17-7-2-3-8-18(17)27-19/h2-3,7-8,16,19H,4-6,9-15H2,1H3/t16-,19-/m1/s1. The van der Waals surface area contributed by atoms with Gasteiger partial charge in [0, 0.05) is 45.2 Å². The Bertz CT molecular complexity index is 675. The molecule has 0 radical (unpaired) electrons. The van der Waals surface area contributed by atoms with E-state index in [0.717, 1.165) is 43.8 Å². The molecule has 2 saturated heterocycles. The molecule has 3 aliphatic rings. The highest BCUT2D eigenvalue weighted by atomic mass is 16.5. The zero-order chi connectivity index (χ0) is 18.8. The van der Waals surface area contributed by atoms with Gasteiger partial charge in [0.15, 0.2) is 6.10 Å². The Morgan fingerprint density at radius 1 is 1.07 bits per heavy atom. The molecule has 0 unspecified atom stereocenters. The summed E-state index contributed by atoms with van der Waals surface area (Å²) in [4.78, 5) is 31.5. The summed E-state index contributed by atoms with van der Waals surface area (Å²) in [5.74, 6) is 1.13. The molecule has 146 valence electrons. The Morgan fingerprint density at radius 3 is 2.59 bits per heavy atom. The molecule has 2 amide bonds. The average Bonchev–Trinajstić information content (AvgIpc) is 3.12. The van der Waals surface area contributed by atoms with Crippen molar-refractivity contribution >= 4 is 11.8 Å². The van der Waals surface area contributed by atoms with Gasteiger partial charge in [-0.2, -0.15) is 0 Å². The molecule has 0 saturated carbocycles. The van der Waals surface area contributed by atoms with Crippen LogP contribution in [0.1, 0.15) is 31.7 Å². The number of hydrogen-bond acceptors (Lipinski definition) is 4. The maximum Gasteiger partial charge on any atom is 0.264 e. The lowest BCUT2D eigenvalue weighted by Crippen LogP contribution is -2.55. The Kier molecular flexibility index (Phi) is 5.34. The van der Waals surface area contributed by atoms with Crippen LogP contribution in [0, 0.1) is 0 Å². The number of rotatable bonds is 3. The maximum atomic E-state index is 12.8. The topological polar surface area (TPSA) is 53.1 Å². The number of para-hydroxylation sites is 1. The third-order valence-corrected chi connectivity index (χ3v) is 6.09. The number of fused-ring (bicyclic) bond motifs is 1. The summed E-state index contributed by atoms with van der Waals surface area (Å²) in [7, 11) is 0. The minimum atomic E-state index is -0.398. The number of carbonyl (C=O) groups excluding carboxylic acids is 2. The molecule has 1 aromatic carbocycles. The van der Waals surface area contributed by atoms with Crippen LogP contribution in [0.5, 0.6) is 5.75 Å². The molecule has 0 aromatic heterocycles. The van der Waals surface area contributed by atoms with Gasteiger partial charge in [0.1, 0.15) is 5.75 Å². The van der Waals surface area contributed by atoms with E-state index >= 15 is 0 Å². The molecular weight excluding hydrogens is 342 g/mol. The van der Waals surface area contributed by atoms with Crippen molar-refractivity contribution in [2.45, 2.75) is 44.8 Å². The van der Waals surface area contributed by atoms with Crippen LogP contribution < -0.4 is 4.74 Å². The zero-order valence-corrected chi connectivity index (χ0v) is 16.1. The highest BCUT2D eigenvalue weighted by Crippen LogP contribution is 2.29. The summed E-state index contributed by atoms with van der Waals surface area (Å²) in [5.41, 5.74) is 1.11. The first-order chi connectivity index (χ1) is 13.1. The number of piperazine rings is 1. The van der Waals surface area contributed by atoms with E-state index < -0.39 is 6.10 Å². The minimum absolute atomic E-state index is 0.0711. The van der Waals surface area contributed by atoms with Gasteiger partial charge in [-0.15, -0.1) is 0 Å². The Balaban J connectivity index is 1.25. The summed E-state index contributed by atoms with van der Waals surface area (Å²) in [6.07, 6.45) is 3.70. The van der Waals surface area contributed by atoms with Crippen molar-refractivity contribution in [1.29, 1.82) is 0 Å². The minimum Gasteiger partial charge on any atom is -0.480 e. The summed E-state index contributed by atoms with van der Waals surface area (Å²) in [5, 5.41) is 0. The molecule has 27 heavy (non-hydrogen) atoms. The first-order valence-electron chi connectivity index (χ1n) is 10.2. The fourth-order valence-corrected chi connectivity index (χ4v) is 4.40. The lowest BCUT2D eigenvalue weighted by Gasteiger charge is -2.38. The quantitative estimate of drug-likeness (QED) is 0.809. The predicted molar refractivity (Wildman–Crippen MR) is 103 cm³/mol. The van der Waals surface area contributed by atoms with Gasteiger partial charge in [0.25, 0.3) is 5.91 Å². The highest BCUT2D eigenvalue weighted by Gasteiger charge is 2.34. The van der Waals surface area contributed by atoms with Crippen molar-refractivity contribution in [3.8, 4) is 5.75 Å². The summed E-state index contributed by atoms with van der Waals surface area (Å²) in [6.45, 7) is 6.33. The number of benzene rings is 1. The van der Waals surface area contributed by atoms with Crippen molar-refractivity contribution in [2.75, 3.05) is 39.3 Å². The first-order valence-corrected chi connectivity index (χ1v) is 10.2. The summed E-state index contributed by atoms with van der Waals surface area (Å²) in [6, 6.07) is 8.22. The molecule has 3 aliphatic heterocycles. The van der Waals surface area contributed by atoms with E-state index in [2.05, 4.69) is 11.8 Å². The normalized spacial score (nSPS) is 25.8. The van der Waals surface area contributed by atoms with E-state index in [1.807, 2.05) is 34.1 Å². The van der Waals surface area contributed by atoms with Crippen LogP contribution in [0.25, 0.3) is 0 Å². The molecule has 0 bridgehead atoms. The molecule has 4 rings (SSSR count). The number of hydrogen-bond donors (Lipinski definition) is 0. The van der Waals surface area contributed by atoms with Gasteiger partial charge < -0.3 is 14.5 Å². The van der Waals surface area contributed by atoms with Crippen LogP contribution in [0.4, 0.5) is 0 Å². The molecule has 3 heterocycles. The number of amides is 2. The van der Waals surface area contributed by atoms with Crippen molar-refractivity contribution in [3.05, 3.63) is 29.8 Å². The second-order valence-corrected chi connectivity index (χ2v) is 7.95. The van der Waals surface area contributed by atoms with Gasteiger partial charge in [-0.1, -0.05) is 18.2 Å². The van der Waals surface area contributed by atoms with Crippen LogP contribution in [-0.4, -0.2) is 77.9 Å². The molecule has 1 aromatic rings. The van der Waals surface area contributed by atoms with E-state index in [-0.39, 0.29) is 11.8 Å². The van der Waals surface area contributed by atoms with Gasteiger partial charge in [0.05, 0.1) is 6.54 Å². The van der Waals surface area contributed by atoms with Crippen molar-refractivity contribution < 1.29 is 14.3 Å². The monoisotopic (exact) mass is 371 g/mol. The number of nitrogens with zero attached hydrogens (tertiary/aromatic N) is 3. The molecule has 6 heteroatoms. The summed E-state index contributed by atoms with van der Waals surface area (Å²) >= 11 is 0. The zero-order valence-electron chi connectivity index (χ0n) is 16.1. The maximum absolute atomic E-state index is 12.8. The fourth-order valence-electron chi connectivity index (χ4n) is 4.40. The van der Waals surface area contributed by atoms with E-state index in [1.165, 1.54) is 6.42 Å². The largest absolute Gasteiger partial charge is 0.480 e. The van der Waals surface area contributed by atoms with E-state index in [4.69, 9.17) is 4.74 Å². The molecule has 2 atom stereocenters. The molecule has 6 nitrogen and oxygen atoms in total. The molecule has 0 N–H and O–H groups in total. The van der Waals surface area contributed by atoms with Gasteiger partial charge >= 0.3 is 0 Å². The van der Waals surface area contributed by atoms with Crippen LogP contribution in [0.15, 0.2) is 24.3 Å². The second-order valence-electron chi connectivity index (χ2n) is 7.95. The second kappa shape index (κ2) is 7.89. The van der Waals surface area contributed by atoms with Gasteiger partial charge in [-0.25, -0.2) is 0 Å². The summed E-state index contributed by atoms with van der Waals surface area (Å²) < 4.78 is 5.84. The Morgan fingerprint density at radius 2 is 1.85 bits per heavy atom. The van der Waals surface area contributed by atoms with E-state index in [1.54, 1.807) is 0 Å². The van der Waals surface area contributed by atoms with Crippen molar-refractivity contribution in [2.24, 2.45) is 0 Å². The Labute approximate surface area is 161 Å². The predicted octanol–water partition coefficient (Wildman–Crippen LogP) is 1.54. The van der Waals surface area contributed by atoms with Gasteiger partial charge in [-0.05, 0) is 37.8 Å². The number of likely N-dealkylation sites (tertiary alicyclic amines) is 1. The lowest BCUT2D eigenvalue weighted by molar-refractivity contribution is -0.140. The van der Waals surface area contributed by atoms with Gasteiger partial charge in [-0.3, -0.25) is 14.5 Å². The van der Waals surface area contributed by atoms with Crippen LogP contribution in [0.3, 0.4) is 0 Å². The fraction of sp³-hybridized carbons (Fsp3) is 0.619. The third-order valence-electron chi connectivity index (χ3n) is 6.09. The van der Waals surface area contributed by atoms with Crippen molar-refractivity contribution in [3.63, 3.8) is 0 Å². The van der Waals surface area contributed by atoms with Crippen LogP contribution in [0.2, 0.25) is 0 Å². The first kappa shape index (κ1) is 18.3. The third kappa shape index (κ3) is 3.95. The van der Waals surface area contributed by atoms with Crippen LogP contribution in [-0.2, 0) is 16.0 Å². The van der Waals surface area contributed by atoms with Crippen LogP contribution >= 0.6 is 0 Å². The van der Waals surface area contributed by atoms with Crippen molar-refractivity contribution in [1.82, 2.24) is 14.7 Å². The average molecular weight is 371 g/mol. The Hall–Kier alpha value is -2.08. The van der Waals surface area contributed by atoms with Gasteiger partial charge in [0.2, 0.25) is 5.91 Å². The smallest absolute Gasteiger partial charge is 0.264 e. The SMILES string of the molecule is C[C@@H]1CCCCN1C(=O)CN1CCN(C(=O)[C@H]2Cc3ccccc3O2)CC1. The number of carbonyl (C=O) groups is 2. The van der Waals surface area contributed by atoms with E-state index in [0.29, 0.717) is 32.1 Å². The lowest BCUT2D eigenvalue weighted by atomic mass is 10.0. The van der Waals surface area contributed by atoms with E-state index in [9.17, 15) is 9.59 Å². The number of piperidine rings is 1.